The third-order valence-electron chi connectivity index (χ3n) is 2.00. The van der Waals surface area contributed by atoms with Gasteiger partial charge in [-0.25, -0.2) is 0 Å². The summed E-state index contributed by atoms with van der Waals surface area (Å²) in [6.45, 7) is 4.04. The van der Waals surface area contributed by atoms with E-state index in [2.05, 4.69) is 12.2 Å². The predicted molar refractivity (Wildman–Crippen MR) is 66.7 cm³/mol. The smallest absolute Gasteiger partial charge is 0.305 e. The van der Waals surface area contributed by atoms with Crippen molar-refractivity contribution < 1.29 is 14.7 Å². The molecule has 0 aromatic rings. The largest absolute Gasteiger partial charge is 0.481 e. The van der Waals surface area contributed by atoms with Crippen molar-refractivity contribution in [3.63, 3.8) is 0 Å². The Labute approximate surface area is 101 Å². The number of amides is 1. The van der Waals surface area contributed by atoms with Crippen molar-refractivity contribution in [2.75, 3.05) is 11.5 Å². The molecule has 0 saturated carbocycles. The monoisotopic (exact) mass is 247 g/mol. The van der Waals surface area contributed by atoms with Gasteiger partial charge in [0.15, 0.2) is 0 Å². The summed E-state index contributed by atoms with van der Waals surface area (Å²) in [5, 5.41) is 11.4. The summed E-state index contributed by atoms with van der Waals surface area (Å²) in [6.07, 6.45) is 2.65. The standard InChI is InChI=1S/C11H21NO3S/c1-3-5-9(7-11(14)15)12-10(13)8-16-6-4-2/h9H,3-8H2,1-2H3,(H,12,13)(H,14,15). The molecule has 1 amide bonds. The first-order valence-electron chi connectivity index (χ1n) is 5.69. The minimum Gasteiger partial charge on any atom is -0.481 e. The Bertz CT molecular complexity index is 221. The number of hydrogen-bond acceptors (Lipinski definition) is 3. The van der Waals surface area contributed by atoms with E-state index >= 15 is 0 Å². The zero-order valence-electron chi connectivity index (χ0n) is 9.99. The van der Waals surface area contributed by atoms with Gasteiger partial charge in [0.1, 0.15) is 0 Å². The zero-order chi connectivity index (χ0) is 12.4. The molecule has 0 saturated heterocycles. The van der Waals surface area contributed by atoms with Gasteiger partial charge in [0, 0.05) is 6.04 Å². The number of rotatable bonds is 9. The second-order valence-electron chi connectivity index (χ2n) is 3.70. The van der Waals surface area contributed by atoms with Crippen LogP contribution in [-0.2, 0) is 9.59 Å². The van der Waals surface area contributed by atoms with Crippen molar-refractivity contribution in [1.82, 2.24) is 5.32 Å². The molecule has 0 radical (unpaired) electrons. The van der Waals surface area contributed by atoms with E-state index in [1.807, 2.05) is 6.92 Å². The van der Waals surface area contributed by atoms with Crippen LogP contribution in [-0.4, -0.2) is 34.5 Å². The number of carbonyl (C=O) groups is 2. The van der Waals surface area contributed by atoms with Gasteiger partial charge in [0.2, 0.25) is 5.91 Å². The van der Waals surface area contributed by atoms with E-state index in [4.69, 9.17) is 5.11 Å². The Morgan fingerprint density at radius 1 is 1.31 bits per heavy atom. The highest BCUT2D eigenvalue weighted by Gasteiger charge is 2.14. The molecule has 94 valence electrons. The SMILES string of the molecule is CCCSCC(=O)NC(CCC)CC(=O)O. The summed E-state index contributed by atoms with van der Waals surface area (Å²) in [4.78, 5) is 22.0. The summed E-state index contributed by atoms with van der Waals surface area (Å²) >= 11 is 1.58. The second kappa shape index (κ2) is 9.51. The molecule has 0 fully saturated rings. The highest BCUT2D eigenvalue weighted by atomic mass is 32.2. The Hall–Kier alpha value is -0.710. The molecule has 0 bridgehead atoms. The van der Waals surface area contributed by atoms with Crippen molar-refractivity contribution in [3.8, 4) is 0 Å². The molecule has 4 nitrogen and oxygen atoms in total. The van der Waals surface area contributed by atoms with Crippen LogP contribution in [0.15, 0.2) is 0 Å². The van der Waals surface area contributed by atoms with Gasteiger partial charge in [-0.15, -0.1) is 0 Å². The van der Waals surface area contributed by atoms with E-state index in [0.29, 0.717) is 5.75 Å². The highest BCUT2D eigenvalue weighted by Crippen LogP contribution is 2.05. The second-order valence-corrected chi connectivity index (χ2v) is 4.81. The average Bonchev–Trinajstić information content (AvgIpc) is 2.17. The number of carbonyl (C=O) groups excluding carboxylic acids is 1. The molecular formula is C11H21NO3S. The van der Waals surface area contributed by atoms with Gasteiger partial charge < -0.3 is 10.4 Å². The Morgan fingerprint density at radius 2 is 2.00 bits per heavy atom. The fraction of sp³-hybridized carbons (Fsp3) is 0.818. The highest BCUT2D eigenvalue weighted by molar-refractivity contribution is 7.99. The number of aliphatic carboxylic acids is 1. The number of nitrogens with one attached hydrogen (secondary N) is 1. The first kappa shape index (κ1) is 15.3. The molecular weight excluding hydrogens is 226 g/mol. The Balaban J connectivity index is 3.87. The molecule has 0 aliphatic rings. The predicted octanol–water partition coefficient (Wildman–Crippen LogP) is 1.89. The van der Waals surface area contributed by atoms with Gasteiger partial charge in [0.25, 0.3) is 0 Å². The minimum absolute atomic E-state index is 0.0119. The number of thioether (sulfide) groups is 1. The molecule has 0 spiro atoms. The van der Waals surface area contributed by atoms with Gasteiger partial charge in [-0.05, 0) is 18.6 Å². The van der Waals surface area contributed by atoms with Crippen molar-refractivity contribution in [2.24, 2.45) is 0 Å². The lowest BCUT2D eigenvalue weighted by atomic mass is 10.1. The van der Waals surface area contributed by atoms with Crippen LogP contribution >= 0.6 is 11.8 Å². The summed E-state index contributed by atoms with van der Waals surface area (Å²) in [6, 6.07) is -0.225. The van der Waals surface area contributed by atoms with Crippen LogP contribution in [0.5, 0.6) is 0 Å². The Kier molecular flexibility index (Phi) is 9.09. The number of carboxylic acid groups (broad SMARTS) is 1. The molecule has 1 unspecified atom stereocenters. The van der Waals surface area contributed by atoms with E-state index in [9.17, 15) is 9.59 Å². The van der Waals surface area contributed by atoms with Crippen molar-refractivity contribution in [3.05, 3.63) is 0 Å². The van der Waals surface area contributed by atoms with Crippen molar-refractivity contribution >= 4 is 23.6 Å². The maximum Gasteiger partial charge on any atom is 0.305 e. The molecule has 16 heavy (non-hydrogen) atoms. The van der Waals surface area contributed by atoms with Crippen LogP contribution in [0.4, 0.5) is 0 Å². The zero-order valence-corrected chi connectivity index (χ0v) is 10.8. The lowest BCUT2D eigenvalue weighted by Crippen LogP contribution is -2.37. The lowest BCUT2D eigenvalue weighted by molar-refractivity contribution is -0.137. The van der Waals surface area contributed by atoms with Gasteiger partial charge in [-0.2, -0.15) is 11.8 Å². The van der Waals surface area contributed by atoms with Gasteiger partial charge >= 0.3 is 5.97 Å². The van der Waals surface area contributed by atoms with Gasteiger partial charge in [0.05, 0.1) is 12.2 Å². The first-order valence-corrected chi connectivity index (χ1v) is 6.84. The fourth-order valence-electron chi connectivity index (χ4n) is 1.36. The lowest BCUT2D eigenvalue weighted by Gasteiger charge is -2.15. The molecule has 0 rings (SSSR count). The summed E-state index contributed by atoms with van der Waals surface area (Å²) in [7, 11) is 0. The van der Waals surface area contributed by atoms with Gasteiger partial charge in [-0.1, -0.05) is 20.3 Å². The third-order valence-corrected chi connectivity index (χ3v) is 3.17. The van der Waals surface area contributed by atoms with Crippen LogP contribution in [0.2, 0.25) is 0 Å². The maximum atomic E-state index is 11.5. The molecule has 1 atom stereocenters. The normalized spacial score (nSPS) is 12.1. The van der Waals surface area contributed by atoms with Crippen LogP contribution in [0.25, 0.3) is 0 Å². The summed E-state index contributed by atoms with van der Waals surface area (Å²) in [5.41, 5.74) is 0. The molecule has 0 heterocycles. The molecule has 2 N–H and O–H groups in total. The molecule has 5 heteroatoms. The van der Waals surface area contributed by atoms with E-state index in [1.165, 1.54) is 0 Å². The quantitative estimate of drug-likeness (QED) is 0.611. The maximum absolute atomic E-state index is 11.5. The molecule has 0 aromatic heterocycles. The van der Waals surface area contributed by atoms with Crippen LogP contribution in [0.1, 0.15) is 39.5 Å². The summed E-state index contributed by atoms with van der Waals surface area (Å²) < 4.78 is 0. The minimum atomic E-state index is -0.861. The summed E-state index contributed by atoms with van der Waals surface area (Å²) in [5.74, 6) is 0.469. The number of carboxylic acids is 1. The van der Waals surface area contributed by atoms with E-state index in [-0.39, 0.29) is 18.4 Å². The van der Waals surface area contributed by atoms with Crippen LogP contribution in [0, 0.1) is 0 Å². The average molecular weight is 247 g/mol. The van der Waals surface area contributed by atoms with Crippen LogP contribution < -0.4 is 5.32 Å². The topological polar surface area (TPSA) is 66.4 Å². The van der Waals surface area contributed by atoms with Gasteiger partial charge in [-0.3, -0.25) is 9.59 Å². The van der Waals surface area contributed by atoms with Crippen LogP contribution in [0.3, 0.4) is 0 Å². The first-order chi connectivity index (χ1) is 7.60. The Morgan fingerprint density at radius 3 is 2.50 bits per heavy atom. The van der Waals surface area contributed by atoms with E-state index < -0.39 is 5.97 Å². The van der Waals surface area contributed by atoms with Crippen molar-refractivity contribution in [2.45, 2.75) is 45.6 Å². The van der Waals surface area contributed by atoms with E-state index in [0.717, 1.165) is 25.0 Å². The van der Waals surface area contributed by atoms with E-state index in [1.54, 1.807) is 11.8 Å². The molecule has 0 aliphatic heterocycles. The fourth-order valence-corrected chi connectivity index (χ4v) is 2.06. The number of hydrogen-bond donors (Lipinski definition) is 2. The van der Waals surface area contributed by atoms with Crippen molar-refractivity contribution in [1.29, 1.82) is 0 Å². The molecule has 0 aliphatic carbocycles. The third kappa shape index (κ3) is 8.59. The molecule has 0 aromatic carbocycles.